The quantitative estimate of drug-likeness (QED) is 0.767. The molecule has 0 saturated heterocycles. The molecule has 0 saturated carbocycles. The number of nitrogens with two attached hydrogens (primary N) is 2. The molecule has 5 nitrogen and oxygen atoms in total. The smallest absolute Gasteiger partial charge is 0.236 e. The molecule has 0 atom stereocenters. The molecule has 1 rings (SSSR count). The summed E-state index contributed by atoms with van der Waals surface area (Å²) in [4.78, 5) is 13.0. The van der Waals surface area contributed by atoms with Crippen molar-refractivity contribution in [3.63, 3.8) is 0 Å². The first-order chi connectivity index (χ1) is 9.12. The Morgan fingerprint density at radius 3 is 2.74 bits per heavy atom. The van der Waals surface area contributed by atoms with Crippen molar-refractivity contribution in [1.29, 1.82) is 5.26 Å². The monoisotopic (exact) mass is 260 g/mol. The Kier molecular flexibility index (Phi) is 5.83. The molecule has 1 aromatic carbocycles. The van der Waals surface area contributed by atoms with Crippen LogP contribution in [0.4, 0.5) is 5.69 Å². The predicted molar refractivity (Wildman–Crippen MR) is 75.4 cm³/mol. The number of nitrogens with zero attached hydrogens (tertiary/aromatic N) is 2. The van der Waals surface area contributed by atoms with Gasteiger partial charge < -0.3 is 16.4 Å². The van der Waals surface area contributed by atoms with Crippen molar-refractivity contribution < 1.29 is 4.79 Å². The van der Waals surface area contributed by atoms with Crippen LogP contribution in [-0.4, -0.2) is 19.0 Å². The Bertz CT molecular complexity index is 479. The topological polar surface area (TPSA) is 96.1 Å². The van der Waals surface area contributed by atoms with Crippen LogP contribution in [-0.2, 0) is 11.3 Å². The number of primary amides is 1. The summed E-state index contributed by atoms with van der Waals surface area (Å²) in [5.41, 5.74) is 13.0. The molecule has 5 heteroatoms. The summed E-state index contributed by atoms with van der Waals surface area (Å²) in [7, 11) is 0. The van der Waals surface area contributed by atoms with Crippen LogP contribution >= 0.6 is 0 Å². The summed E-state index contributed by atoms with van der Waals surface area (Å²) >= 11 is 0. The van der Waals surface area contributed by atoms with Gasteiger partial charge in [-0.25, -0.2) is 0 Å². The van der Waals surface area contributed by atoms with Crippen LogP contribution in [0.2, 0.25) is 0 Å². The minimum Gasteiger partial charge on any atom is -0.368 e. The maximum absolute atomic E-state index is 11.1. The summed E-state index contributed by atoms with van der Waals surface area (Å²) in [6.07, 6.45) is 1.95. The van der Waals surface area contributed by atoms with Crippen LogP contribution in [0.5, 0.6) is 0 Å². The summed E-state index contributed by atoms with van der Waals surface area (Å²) in [5.74, 6) is -0.400. The minimum absolute atomic E-state index is 0.122. The van der Waals surface area contributed by atoms with Gasteiger partial charge in [0.05, 0.1) is 17.8 Å². The lowest BCUT2D eigenvalue weighted by molar-refractivity contribution is -0.116. The standard InChI is InChI=1S/C14H20N4O/c1-2-3-6-18(10-14(17)19)13-5-4-11(8-15)7-12(13)9-16/h4-5,7H,2-3,6,8,10,15H2,1H3,(H2,17,19). The molecule has 0 aliphatic carbocycles. The highest BCUT2D eigenvalue weighted by atomic mass is 16.1. The zero-order valence-corrected chi connectivity index (χ0v) is 11.2. The van der Waals surface area contributed by atoms with Gasteiger partial charge in [0.1, 0.15) is 6.07 Å². The van der Waals surface area contributed by atoms with Crippen LogP contribution in [0.25, 0.3) is 0 Å². The summed E-state index contributed by atoms with van der Waals surface area (Å²) in [6.45, 7) is 3.29. The zero-order valence-electron chi connectivity index (χ0n) is 11.2. The summed E-state index contributed by atoms with van der Waals surface area (Å²) in [6, 6.07) is 7.61. The third-order valence-corrected chi connectivity index (χ3v) is 2.89. The largest absolute Gasteiger partial charge is 0.368 e. The SMILES string of the molecule is CCCCN(CC(N)=O)c1ccc(CN)cc1C#N. The van der Waals surface area contributed by atoms with E-state index in [2.05, 4.69) is 13.0 Å². The lowest BCUT2D eigenvalue weighted by Crippen LogP contribution is -2.35. The second-order valence-corrected chi connectivity index (χ2v) is 4.41. The number of nitriles is 1. The van der Waals surface area contributed by atoms with E-state index in [0.29, 0.717) is 18.7 Å². The third-order valence-electron chi connectivity index (χ3n) is 2.89. The fraction of sp³-hybridized carbons (Fsp3) is 0.429. The number of anilines is 1. The molecule has 1 aromatic rings. The maximum atomic E-state index is 11.1. The van der Waals surface area contributed by atoms with Crippen LogP contribution in [0.1, 0.15) is 30.9 Å². The highest BCUT2D eigenvalue weighted by molar-refractivity contribution is 5.80. The Morgan fingerprint density at radius 2 is 2.21 bits per heavy atom. The molecule has 0 spiro atoms. The summed E-state index contributed by atoms with van der Waals surface area (Å²) < 4.78 is 0. The molecule has 19 heavy (non-hydrogen) atoms. The number of carbonyl (C=O) groups excluding carboxylic acids is 1. The van der Waals surface area contributed by atoms with E-state index < -0.39 is 5.91 Å². The zero-order chi connectivity index (χ0) is 14.3. The minimum atomic E-state index is -0.400. The van der Waals surface area contributed by atoms with Crippen molar-refractivity contribution in [3.8, 4) is 6.07 Å². The van der Waals surface area contributed by atoms with Crippen LogP contribution in [0, 0.1) is 11.3 Å². The van der Waals surface area contributed by atoms with Crippen molar-refractivity contribution in [2.45, 2.75) is 26.3 Å². The summed E-state index contributed by atoms with van der Waals surface area (Å²) in [5, 5.41) is 9.21. The Balaban J connectivity index is 3.06. The van der Waals surface area contributed by atoms with Crippen molar-refractivity contribution in [3.05, 3.63) is 29.3 Å². The fourth-order valence-electron chi connectivity index (χ4n) is 1.90. The lowest BCUT2D eigenvalue weighted by atomic mass is 10.1. The molecule has 1 amide bonds. The second-order valence-electron chi connectivity index (χ2n) is 4.41. The van der Waals surface area contributed by atoms with Crippen molar-refractivity contribution in [2.75, 3.05) is 18.0 Å². The lowest BCUT2D eigenvalue weighted by Gasteiger charge is -2.24. The van der Waals surface area contributed by atoms with E-state index in [9.17, 15) is 10.1 Å². The number of rotatable bonds is 7. The van der Waals surface area contributed by atoms with Crippen molar-refractivity contribution >= 4 is 11.6 Å². The average molecular weight is 260 g/mol. The van der Waals surface area contributed by atoms with E-state index in [-0.39, 0.29) is 6.54 Å². The Hall–Kier alpha value is -2.06. The molecule has 0 radical (unpaired) electrons. The van der Waals surface area contributed by atoms with Gasteiger partial charge in [0.15, 0.2) is 0 Å². The first-order valence-electron chi connectivity index (χ1n) is 6.38. The number of hydrogen-bond donors (Lipinski definition) is 2. The molecule has 0 aliphatic rings. The van der Waals surface area contributed by atoms with Gasteiger partial charge >= 0.3 is 0 Å². The molecule has 0 aromatic heterocycles. The molecular weight excluding hydrogens is 240 g/mol. The van der Waals surface area contributed by atoms with E-state index in [1.165, 1.54) is 0 Å². The molecule has 0 bridgehead atoms. The maximum Gasteiger partial charge on any atom is 0.236 e. The number of amides is 1. The Morgan fingerprint density at radius 1 is 1.47 bits per heavy atom. The van der Waals surface area contributed by atoms with E-state index in [1.54, 1.807) is 6.07 Å². The molecule has 0 heterocycles. The molecule has 4 N–H and O–H groups in total. The Labute approximate surface area is 113 Å². The van der Waals surface area contributed by atoms with E-state index in [4.69, 9.17) is 11.5 Å². The van der Waals surface area contributed by atoms with Crippen LogP contribution in [0.3, 0.4) is 0 Å². The van der Waals surface area contributed by atoms with Crippen LogP contribution in [0.15, 0.2) is 18.2 Å². The van der Waals surface area contributed by atoms with Gasteiger partial charge in [-0.2, -0.15) is 5.26 Å². The normalized spacial score (nSPS) is 9.95. The number of carbonyl (C=O) groups is 1. The highest BCUT2D eigenvalue weighted by Crippen LogP contribution is 2.21. The van der Waals surface area contributed by atoms with Gasteiger partial charge in [0.2, 0.25) is 5.91 Å². The van der Waals surface area contributed by atoms with Gasteiger partial charge in [-0.1, -0.05) is 19.4 Å². The molecule has 0 aliphatic heterocycles. The van der Waals surface area contributed by atoms with Crippen molar-refractivity contribution in [2.24, 2.45) is 11.5 Å². The first-order valence-corrected chi connectivity index (χ1v) is 6.38. The van der Waals surface area contributed by atoms with E-state index >= 15 is 0 Å². The molecule has 0 fully saturated rings. The van der Waals surface area contributed by atoms with Gasteiger partial charge in [-0.3, -0.25) is 4.79 Å². The van der Waals surface area contributed by atoms with Gasteiger partial charge in [0, 0.05) is 13.1 Å². The third kappa shape index (κ3) is 4.27. The number of benzene rings is 1. The van der Waals surface area contributed by atoms with Gasteiger partial charge in [-0.15, -0.1) is 0 Å². The number of unbranched alkanes of at least 4 members (excludes halogenated alkanes) is 1. The van der Waals surface area contributed by atoms with Crippen LogP contribution < -0.4 is 16.4 Å². The molecule has 0 unspecified atom stereocenters. The molecule has 102 valence electrons. The average Bonchev–Trinajstić information content (AvgIpc) is 2.42. The second kappa shape index (κ2) is 7.39. The first kappa shape index (κ1) is 15.0. The predicted octanol–water partition coefficient (Wildman–Crippen LogP) is 1.11. The fourth-order valence-corrected chi connectivity index (χ4v) is 1.90. The van der Waals surface area contributed by atoms with E-state index in [0.717, 1.165) is 24.1 Å². The number of hydrogen-bond acceptors (Lipinski definition) is 4. The van der Waals surface area contributed by atoms with Gasteiger partial charge in [0.25, 0.3) is 0 Å². The van der Waals surface area contributed by atoms with Gasteiger partial charge in [-0.05, 0) is 24.1 Å². The highest BCUT2D eigenvalue weighted by Gasteiger charge is 2.13. The van der Waals surface area contributed by atoms with Crippen molar-refractivity contribution in [1.82, 2.24) is 0 Å². The molecular formula is C14H20N4O. The van der Waals surface area contributed by atoms with E-state index in [1.807, 2.05) is 17.0 Å².